The summed E-state index contributed by atoms with van der Waals surface area (Å²) in [5, 5.41) is 3.97. The fraction of sp³-hybridized carbons (Fsp3) is 0.214. The number of methoxy groups -OCH3 is 1. The van der Waals surface area contributed by atoms with E-state index < -0.39 is 0 Å². The summed E-state index contributed by atoms with van der Waals surface area (Å²) < 4.78 is 10.5. The molecule has 0 bridgehead atoms. The number of rotatable bonds is 5. The first-order valence-electron chi connectivity index (χ1n) is 6.47. The molecule has 1 atom stereocenters. The number of imidazole rings is 1. The van der Waals surface area contributed by atoms with Crippen molar-refractivity contribution < 1.29 is 9.26 Å². The molecule has 3 rings (SSSR count). The highest BCUT2D eigenvalue weighted by atomic mass is 16.5. The van der Waals surface area contributed by atoms with Gasteiger partial charge in [-0.25, -0.2) is 4.98 Å². The first kappa shape index (κ1) is 13.3. The summed E-state index contributed by atoms with van der Waals surface area (Å²) in [6.07, 6.45) is 3.88. The summed E-state index contributed by atoms with van der Waals surface area (Å²) >= 11 is 0. The topological polar surface area (TPSA) is 103 Å². The molecule has 0 unspecified atom stereocenters. The summed E-state index contributed by atoms with van der Waals surface area (Å²) in [4.78, 5) is 11.3. The number of hydrogen-bond donors (Lipinski definition) is 2. The van der Waals surface area contributed by atoms with Crippen LogP contribution in [0.2, 0.25) is 0 Å². The van der Waals surface area contributed by atoms with Crippen LogP contribution in [0.5, 0.6) is 5.75 Å². The van der Waals surface area contributed by atoms with Gasteiger partial charge < -0.3 is 20.0 Å². The quantitative estimate of drug-likeness (QED) is 0.739. The standard InChI is InChI=1S/C14H15N5O2/c1-20-12-5-3-2-4-10(12)13-18-14(21-19-13)11(15)6-9-7-16-8-17-9/h2-5,7-8,11H,6,15H2,1H3,(H,16,17)/t11-/m1/s1. The van der Waals surface area contributed by atoms with E-state index in [0.717, 1.165) is 11.3 Å². The summed E-state index contributed by atoms with van der Waals surface area (Å²) in [6.45, 7) is 0. The van der Waals surface area contributed by atoms with Crippen molar-refractivity contribution in [1.29, 1.82) is 0 Å². The maximum atomic E-state index is 6.07. The van der Waals surface area contributed by atoms with E-state index in [1.165, 1.54) is 0 Å². The molecule has 0 fully saturated rings. The number of H-pyrrole nitrogens is 1. The highest BCUT2D eigenvalue weighted by Gasteiger charge is 2.18. The summed E-state index contributed by atoms with van der Waals surface area (Å²) in [5.41, 5.74) is 7.76. The number of aromatic amines is 1. The first-order valence-corrected chi connectivity index (χ1v) is 6.47. The van der Waals surface area contributed by atoms with Crippen LogP contribution in [0.15, 0.2) is 41.3 Å². The Morgan fingerprint density at radius 1 is 1.38 bits per heavy atom. The van der Waals surface area contributed by atoms with Gasteiger partial charge in [0.05, 0.1) is 25.0 Å². The van der Waals surface area contributed by atoms with Gasteiger partial charge >= 0.3 is 0 Å². The van der Waals surface area contributed by atoms with Crippen molar-refractivity contribution in [3.63, 3.8) is 0 Å². The van der Waals surface area contributed by atoms with Crippen molar-refractivity contribution in [3.05, 3.63) is 48.4 Å². The smallest absolute Gasteiger partial charge is 0.244 e. The minimum atomic E-state index is -0.388. The lowest BCUT2D eigenvalue weighted by atomic mass is 10.1. The van der Waals surface area contributed by atoms with E-state index in [9.17, 15) is 0 Å². The molecule has 3 N–H and O–H groups in total. The molecule has 0 aliphatic rings. The number of nitrogens with zero attached hydrogens (tertiary/aromatic N) is 3. The monoisotopic (exact) mass is 285 g/mol. The lowest BCUT2D eigenvalue weighted by molar-refractivity contribution is 0.353. The average molecular weight is 285 g/mol. The van der Waals surface area contributed by atoms with Crippen LogP contribution in [0.25, 0.3) is 11.4 Å². The second-order valence-electron chi connectivity index (χ2n) is 4.54. The molecule has 0 saturated heterocycles. The number of aromatic nitrogens is 4. The molecule has 108 valence electrons. The van der Waals surface area contributed by atoms with E-state index in [4.69, 9.17) is 15.0 Å². The third-order valence-electron chi connectivity index (χ3n) is 3.10. The number of ether oxygens (including phenoxy) is 1. The fourth-order valence-electron chi connectivity index (χ4n) is 2.05. The van der Waals surface area contributed by atoms with Crippen molar-refractivity contribution >= 4 is 0 Å². The Labute approximate surface area is 121 Å². The van der Waals surface area contributed by atoms with E-state index in [1.54, 1.807) is 19.6 Å². The molecule has 1 aromatic carbocycles. The van der Waals surface area contributed by atoms with Gasteiger partial charge in [-0.1, -0.05) is 17.3 Å². The van der Waals surface area contributed by atoms with E-state index in [0.29, 0.717) is 23.9 Å². The van der Waals surface area contributed by atoms with E-state index in [2.05, 4.69) is 20.1 Å². The molecule has 0 aliphatic carbocycles. The Morgan fingerprint density at radius 2 is 2.24 bits per heavy atom. The third-order valence-corrected chi connectivity index (χ3v) is 3.10. The zero-order chi connectivity index (χ0) is 14.7. The normalized spacial score (nSPS) is 12.3. The number of nitrogens with one attached hydrogen (secondary N) is 1. The van der Waals surface area contributed by atoms with Gasteiger partial charge in [0.2, 0.25) is 11.7 Å². The zero-order valence-electron chi connectivity index (χ0n) is 11.5. The second kappa shape index (κ2) is 5.76. The maximum absolute atomic E-state index is 6.07. The maximum Gasteiger partial charge on any atom is 0.244 e. The van der Waals surface area contributed by atoms with Crippen molar-refractivity contribution in [2.45, 2.75) is 12.5 Å². The molecule has 2 aromatic heterocycles. The molecule has 7 heteroatoms. The van der Waals surface area contributed by atoms with Crippen LogP contribution in [0.1, 0.15) is 17.6 Å². The molecular weight excluding hydrogens is 270 g/mol. The van der Waals surface area contributed by atoms with Crippen molar-refractivity contribution in [2.24, 2.45) is 5.73 Å². The average Bonchev–Trinajstić information content (AvgIpc) is 3.18. The van der Waals surface area contributed by atoms with Crippen LogP contribution in [0, 0.1) is 0 Å². The van der Waals surface area contributed by atoms with Gasteiger partial charge in [0.1, 0.15) is 5.75 Å². The SMILES string of the molecule is COc1ccccc1-c1noc([C@H](N)Cc2cnc[nH]2)n1. The van der Waals surface area contributed by atoms with Crippen molar-refractivity contribution in [3.8, 4) is 17.1 Å². The van der Waals surface area contributed by atoms with Gasteiger partial charge in [-0.3, -0.25) is 0 Å². The van der Waals surface area contributed by atoms with Crippen LogP contribution < -0.4 is 10.5 Å². The molecule has 0 radical (unpaired) electrons. The second-order valence-corrected chi connectivity index (χ2v) is 4.54. The highest BCUT2D eigenvalue weighted by molar-refractivity contribution is 5.63. The third kappa shape index (κ3) is 2.77. The fourth-order valence-corrected chi connectivity index (χ4v) is 2.05. The molecular formula is C14H15N5O2. The lowest BCUT2D eigenvalue weighted by Gasteiger charge is -2.04. The predicted octanol–water partition coefficient (Wildman–Crippen LogP) is 1.71. The Hall–Kier alpha value is -2.67. The number of benzene rings is 1. The molecule has 2 heterocycles. The predicted molar refractivity (Wildman–Crippen MR) is 75.5 cm³/mol. The number of para-hydroxylation sites is 1. The van der Waals surface area contributed by atoms with Crippen molar-refractivity contribution in [1.82, 2.24) is 20.1 Å². The molecule has 3 aromatic rings. The molecule has 0 saturated carbocycles. The van der Waals surface area contributed by atoms with Crippen LogP contribution in [0.3, 0.4) is 0 Å². The van der Waals surface area contributed by atoms with Gasteiger partial charge in [-0.2, -0.15) is 4.98 Å². The zero-order valence-corrected chi connectivity index (χ0v) is 11.5. The van der Waals surface area contributed by atoms with Crippen LogP contribution in [-0.2, 0) is 6.42 Å². The molecule has 0 spiro atoms. The highest BCUT2D eigenvalue weighted by Crippen LogP contribution is 2.28. The minimum absolute atomic E-state index is 0.380. The molecule has 7 nitrogen and oxygen atoms in total. The lowest BCUT2D eigenvalue weighted by Crippen LogP contribution is -2.14. The van der Waals surface area contributed by atoms with Crippen LogP contribution in [0.4, 0.5) is 0 Å². The Kier molecular flexibility index (Phi) is 3.65. The Bertz CT molecular complexity index is 708. The summed E-state index contributed by atoms with van der Waals surface area (Å²) in [6, 6.07) is 7.09. The Morgan fingerprint density at radius 3 is 3.00 bits per heavy atom. The van der Waals surface area contributed by atoms with Crippen molar-refractivity contribution in [2.75, 3.05) is 7.11 Å². The summed E-state index contributed by atoms with van der Waals surface area (Å²) in [5.74, 6) is 1.53. The van der Waals surface area contributed by atoms with Gasteiger partial charge in [0.15, 0.2) is 0 Å². The number of hydrogen-bond acceptors (Lipinski definition) is 6. The van der Waals surface area contributed by atoms with Gasteiger partial charge in [0, 0.05) is 18.3 Å². The summed E-state index contributed by atoms with van der Waals surface area (Å²) in [7, 11) is 1.60. The first-order chi connectivity index (χ1) is 10.3. The van der Waals surface area contributed by atoms with E-state index in [1.807, 2.05) is 24.3 Å². The van der Waals surface area contributed by atoms with Crippen LogP contribution in [-0.4, -0.2) is 27.2 Å². The Balaban J connectivity index is 1.82. The van der Waals surface area contributed by atoms with Gasteiger partial charge in [0.25, 0.3) is 0 Å². The largest absolute Gasteiger partial charge is 0.496 e. The minimum Gasteiger partial charge on any atom is -0.496 e. The van der Waals surface area contributed by atoms with Gasteiger partial charge in [-0.05, 0) is 12.1 Å². The molecule has 0 amide bonds. The van der Waals surface area contributed by atoms with Crippen LogP contribution >= 0.6 is 0 Å². The molecule has 21 heavy (non-hydrogen) atoms. The van der Waals surface area contributed by atoms with E-state index >= 15 is 0 Å². The van der Waals surface area contributed by atoms with Gasteiger partial charge in [-0.15, -0.1) is 0 Å². The molecule has 0 aliphatic heterocycles. The number of nitrogens with two attached hydrogens (primary N) is 1. The van der Waals surface area contributed by atoms with E-state index in [-0.39, 0.29) is 6.04 Å².